The maximum Gasteiger partial charge on any atom is 0.197 e. The van der Waals surface area contributed by atoms with E-state index < -0.39 is 0 Å². The van der Waals surface area contributed by atoms with Crippen molar-refractivity contribution in [3.05, 3.63) is 27.4 Å². The van der Waals surface area contributed by atoms with Gasteiger partial charge in [0.15, 0.2) is 11.7 Å². The molecule has 0 amide bonds. The first-order valence-electron chi connectivity index (χ1n) is 4.72. The van der Waals surface area contributed by atoms with Gasteiger partial charge >= 0.3 is 0 Å². The molecule has 0 saturated carbocycles. The maximum atomic E-state index is 10.8. The van der Waals surface area contributed by atoms with Crippen LogP contribution in [-0.2, 0) is 0 Å². The zero-order valence-electron chi connectivity index (χ0n) is 7.88. The minimum Gasteiger partial charge on any atom is -0.298 e. The molecule has 0 bridgehead atoms. The molecule has 0 N–H and O–H groups in total. The standard InChI is InChI=1S/C11H14O2/c1-2-3-4-5-6-7-9-10(8-12)11(9)13/h6-8H,2-5H2,1H3/b7-6+. The molecule has 0 radical (unpaired) electrons. The molecule has 0 fully saturated rings. The van der Waals surface area contributed by atoms with Gasteiger partial charge in [-0.2, -0.15) is 0 Å². The second-order valence-corrected chi connectivity index (χ2v) is 3.17. The second kappa shape index (κ2) is 4.75. The molecule has 70 valence electrons. The normalized spacial score (nSPS) is 11.5. The molecule has 2 nitrogen and oxygen atoms in total. The number of carbonyl (C=O) groups is 1. The summed E-state index contributed by atoms with van der Waals surface area (Å²) in [6.07, 6.45) is 8.95. The van der Waals surface area contributed by atoms with E-state index in [2.05, 4.69) is 6.92 Å². The fourth-order valence-electron chi connectivity index (χ4n) is 1.19. The van der Waals surface area contributed by atoms with Crippen LogP contribution in [0.3, 0.4) is 0 Å². The Kier molecular flexibility index (Phi) is 3.62. The van der Waals surface area contributed by atoms with Crippen LogP contribution in [0, 0.1) is 0 Å². The largest absolute Gasteiger partial charge is 0.298 e. The Morgan fingerprint density at radius 3 is 2.54 bits per heavy atom. The predicted octanol–water partition coefficient (Wildman–Crippen LogP) is 2.33. The molecule has 0 unspecified atom stereocenters. The monoisotopic (exact) mass is 178 g/mol. The summed E-state index contributed by atoms with van der Waals surface area (Å²) in [5, 5.41) is 0. The minimum atomic E-state index is -0.0817. The van der Waals surface area contributed by atoms with E-state index in [9.17, 15) is 9.59 Å². The van der Waals surface area contributed by atoms with Gasteiger partial charge in [-0.05, 0) is 12.8 Å². The zero-order valence-corrected chi connectivity index (χ0v) is 7.88. The molecule has 13 heavy (non-hydrogen) atoms. The first-order valence-corrected chi connectivity index (χ1v) is 4.72. The van der Waals surface area contributed by atoms with Crippen molar-refractivity contribution in [3.8, 4) is 0 Å². The van der Waals surface area contributed by atoms with Crippen LogP contribution < -0.4 is 5.43 Å². The SMILES string of the molecule is CCCCC/C=C/c1c(C=O)c1=O. The molecule has 0 aliphatic heterocycles. The third-order valence-electron chi connectivity index (χ3n) is 2.09. The Bertz CT molecular complexity index is 314. The number of hydrogen-bond acceptors (Lipinski definition) is 2. The highest BCUT2D eigenvalue weighted by Gasteiger charge is 2.17. The lowest BCUT2D eigenvalue weighted by molar-refractivity contribution is 0.112. The van der Waals surface area contributed by atoms with Gasteiger partial charge in [-0.25, -0.2) is 0 Å². The summed E-state index contributed by atoms with van der Waals surface area (Å²) in [7, 11) is 0. The van der Waals surface area contributed by atoms with Crippen molar-refractivity contribution in [3.63, 3.8) is 0 Å². The van der Waals surface area contributed by atoms with Gasteiger partial charge in [0.2, 0.25) is 0 Å². The quantitative estimate of drug-likeness (QED) is 0.495. The third-order valence-corrected chi connectivity index (χ3v) is 2.09. The van der Waals surface area contributed by atoms with Gasteiger partial charge in [-0.3, -0.25) is 9.59 Å². The van der Waals surface area contributed by atoms with Gasteiger partial charge in [-0.1, -0.05) is 31.9 Å². The van der Waals surface area contributed by atoms with Gasteiger partial charge in [0.05, 0.1) is 5.56 Å². The van der Waals surface area contributed by atoms with Crippen molar-refractivity contribution in [1.82, 2.24) is 0 Å². The molecule has 1 aromatic rings. The number of carbonyl (C=O) groups excluding carboxylic acids is 1. The second-order valence-electron chi connectivity index (χ2n) is 3.17. The average molecular weight is 178 g/mol. The third kappa shape index (κ3) is 2.65. The van der Waals surface area contributed by atoms with Crippen molar-refractivity contribution in [1.29, 1.82) is 0 Å². The van der Waals surface area contributed by atoms with E-state index in [1.54, 1.807) is 6.08 Å². The van der Waals surface area contributed by atoms with E-state index in [-0.39, 0.29) is 5.43 Å². The van der Waals surface area contributed by atoms with E-state index in [0.29, 0.717) is 17.4 Å². The molecule has 1 rings (SSSR count). The molecule has 1 aromatic carbocycles. The molecule has 0 aliphatic carbocycles. The summed E-state index contributed by atoms with van der Waals surface area (Å²) in [6, 6.07) is 0. The molecular weight excluding hydrogens is 164 g/mol. The fraction of sp³-hybridized carbons (Fsp3) is 0.455. The van der Waals surface area contributed by atoms with E-state index in [0.717, 1.165) is 12.8 Å². The summed E-state index contributed by atoms with van der Waals surface area (Å²) in [5.41, 5.74) is 0.875. The number of allylic oxidation sites excluding steroid dienone is 1. The van der Waals surface area contributed by atoms with Crippen LogP contribution in [0.4, 0.5) is 0 Å². The number of aldehydes is 1. The van der Waals surface area contributed by atoms with Crippen molar-refractivity contribution in [2.24, 2.45) is 0 Å². The van der Waals surface area contributed by atoms with Crippen LogP contribution in [0.15, 0.2) is 10.9 Å². The lowest BCUT2D eigenvalue weighted by Gasteiger charge is -1.89. The number of rotatable bonds is 6. The highest BCUT2D eigenvalue weighted by molar-refractivity contribution is 5.89. The first-order chi connectivity index (χ1) is 6.31. The van der Waals surface area contributed by atoms with Crippen molar-refractivity contribution in [2.75, 3.05) is 0 Å². The Labute approximate surface area is 78.0 Å². The molecule has 0 atom stereocenters. The fourth-order valence-corrected chi connectivity index (χ4v) is 1.19. The Morgan fingerprint density at radius 2 is 2.00 bits per heavy atom. The van der Waals surface area contributed by atoms with E-state index in [4.69, 9.17) is 0 Å². The Morgan fingerprint density at radius 1 is 1.23 bits per heavy atom. The van der Waals surface area contributed by atoms with E-state index in [1.807, 2.05) is 6.08 Å². The zero-order chi connectivity index (χ0) is 9.68. The van der Waals surface area contributed by atoms with Gasteiger partial charge in [0, 0.05) is 5.56 Å². The van der Waals surface area contributed by atoms with Crippen LogP contribution >= 0.6 is 0 Å². The molecule has 0 aromatic heterocycles. The summed E-state index contributed by atoms with van der Waals surface area (Å²) >= 11 is 0. The molecular formula is C11H14O2. The van der Waals surface area contributed by atoms with Crippen molar-refractivity contribution < 1.29 is 4.79 Å². The van der Waals surface area contributed by atoms with Gasteiger partial charge in [0.25, 0.3) is 0 Å². The average Bonchev–Trinajstić information content (AvgIpc) is 2.76. The molecule has 0 saturated heterocycles. The number of unbranched alkanes of at least 4 members (excludes halogenated alkanes) is 3. The predicted molar refractivity (Wildman–Crippen MR) is 53.6 cm³/mol. The Balaban J connectivity index is 2.25. The van der Waals surface area contributed by atoms with Crippen molar-refractivity contribution >= 4 is 12.4 Å². The van der Waals surface area contributed by atoms with Crippen molar-refractivity contribution in [2.45, 2.75) is 32.6 Å². The topological polar surface area (TPSA) is 34.1 Å². The smallest absolute Gasteiger partial charge is 0.197 e. The highest BCUT2D eigenvalue weighted by Crippen LogP contribution is 2.09. The summed E-state index contributed by atoms with van der Waals surface area (Å²) in [4.78, 5) is 21.0. The first kappa shape index (κ1) is 9.90. The van der Waals surface area contributed by atoms with Crippen LogP contribution in [0.25, 0.3) is 6.08 Å². The lowest BCUT2D eigenvalue weighted by Crippen LogP contribution is -1.76. The molecule has 0 aliphatic rings. The molecule has 0 heterocycles. The summed E-state index contributed by atoms with van der Waals surface area (Å²) in [6.45, 7) is 2.15. The summed E-state index contributed by atoms with van der Waals surface area (Å²) < 4.78 is 0. The highest BCUT2D eigenvalue weighted by atomic mass is 16.1. The maximum absolute atomic E-state index is 10.8. The van der Waals surface area contributed by atoms with Crippen LogP contribution in [-0.4, -0.2) is 6.29 Å². The summed E-state index contributed by atoms with van der Waals surface area (Å²) in [5.74, 6) is 0. The molecule has 2 heteroatoms. The number of hydrogen-bond donors (Lipinski definition) is 0. The van der Waals surface area contributed by atoms with Gasteiger partial charge in [-0.15, -0.1) is 0 Å². The van der Waals surface area contributed by atoms with Gasteiger partial charge < -0.3 is 0 Å². The van der Waals surface area contributed by atoms with Gasteiger partial charge in [0.1, 0.15) is 0 Å². The van der Waals surface area contributed by atoms with Crippen LogP contribution in [0.1, 0.15) is 48.5 Å². The Hall–Kier alpha value is -1.18. The molecule has 0 spiro atoms. The van der Waals surface area contributed by atoms with Crippen LogP contribution in [0.2, 0.25) is 0 Å². The van der Waals surface area contributed by atoms with Crippen LogP contribution in [0.5, 0.6) is 0 Å². The lowest BCUT2D eigenvalue weighted by atomic mass is 10.2. The minimum absolute atomic E-state index is 0.0817. The van der Waals surface area contributed by atoms with E-state index in [1.165, 1.54) is 12.8 Å². The van der Waals surface area contributed by atoms with E-state index >= 15 is 0 Å².